The van der Waals surface area contributed by atoms with Crippen molar-refractivity contribution in [2.75, 3.05) is 24.4 Å². The number of nitrogens with one attached hydrogen (secondary N) is 2. The molecule has 2 aromatic carbocycles. The zero-order chi connectivity index (χ0) is 19.1. The number of anilines is 2. The zero-order valence-corrected chi connectivity index (χ0v) is 15.5. The van der Waals surface area contributed by atoms with Crippen molar-refractivity contribution in [3.05, 3.63) is 47.5 Å². The number of amides is 2. The van der Waals surface area contributed by atoms with Gasteiger partial charge in [0.2, 0.25) is 11.8 Å². The summed E-state index contributed by atoms with van der Waals surface area (Å²) in [6.45, 7) is 5.74. The minimum absolute atomic E-state index is 0.186. The monoisotopic (exact) mass is 356 g/mol. The lowest BCUT2D eigenvalue weighted by Crippen LogP contribution is -2.16. The van der Waals surface area contributed by atoms with E-state index in [1.54, 1.807) is 18.2 Å². The van der Waals surface area contributed by atoms with Crippen LogP contribution in [0.2, 0.25) is 0 Å². The van der Waals surface area contributed by atoms with Crippen molar-refractivity contribution in [1.82, 2.24) is 0 Å². The maximum absolute atomic E-state index is 12.2. The molecule has 0 unspecified atom stereocenters. The fraction of sp³-hybridized carbons (Fsp3) is 0.300. The highest BCUT2D eigenvalue weighted by Gasteiger charge is 2.10. The number of aryl methyl sites for hydroxylation is 2. The molecule has 6 nitrogen and oxygen atoms in total. The molecular formula is C20H24N2O4. The predicted octanol–water partition coefficient (Wildman–Crippen LogP) is 3.68. The van der Waals surface area contributed by atoms with E-state index in [0.29, 0.717) is 17.1 Å². The van der Waals surface area contributed by atoms with E-state index in [1.807, 2.05) is 32.0 Å². The molecule has 0 radical (unpaired) electrons. The van der Waals surface area contributed by atoms with Crippen molar-refractivity contribution in [3.63, 3.8) is 0 Å². The highest BCUT2D eigenvalue weighted by Crippen LogP contribution is 2.28. The predicted molar refractivity (Wildman–Crippen MR) is 102 cm³/mol. The Labute approximate surface area is 153 Å². The van der Waals surface area contributed by atoms with Crippen molar-refractivity contribution in [1.29, 1.82) is 0 Å². The van der Waals surface area contributed by atoms with Crippen molar-refractivity contribution in [3.8, 4) is 11.5 Å². The van der Waals surface area contributed by atoms with Crippen LogP contribution in [0.1, 0.15) is 24.5 Å². The Morgan fingerprint density at radius 2 is 1.77 bits per heavy atom. The molecule has 0 spiro atoms. The molecule has 0 saturated heterocycles. The van der Waals surface area contributed by atoms with Gasteiger partial charge in [-0.2, -0.15) is 0 Å². The van der Waals surface area contributed by atoms with Gasteiger partial charge in [0.15, 0.2) is 0 Å². The summed E-state index contributed by atoms with van der Waals surface area (Å²) in [5.41, 5.74) is 3.42. The van der Waals surface area contributed by atoms with Crippen LogP contribution in [0.15, 0.2) is 36.4 Å². The molecule has 0 saturated carbocycles. The molecule has 26 heavy (non-hydrogen) atoms. The van der Waals surface area contributed by atoms with Gasteiger partial charge in [-0.15, -0.1) is 0 Å². The van der Waals surface area contributed by atoms with Gasteiger partial charge in [-0.25, -0.2) is 0 Å². The number of benzene rings is 2. The van der Waals surface area contributed by atoms with Crippen LogP contribution in [-0.4, -0.2) is 25.5 Å². The second-order valence-corrected chi connectivity index (χ2v) is 5.99. The van der Waals surface area contributed by atoms with E-state index >= 15 is 0 Å². The summed E-state index contributed by atoms with van der Waals surface area (Å²) >= 11 is 0. The Bertz CT molecular complexity index is 802. The summed E-state index contributed by atoms with van der Waals surface area (Å²) in [7, 11) is 1.52. The van der Waals surface area contributed by atoms with Gasteiger partial charge in [-0.1, -0.05) is 6.07 Å². The molecule has 6 heteroatoms. The Morgan fingerprint density at radius 1 is 1.00 bits per heavy atom. The fourth-order valence-corrected chi connectivity index (χ4v) is 2.36. The van der Waals surface area contributed by atoms with E-state index in [4.69, 9.17) is 9.47 Å². The summed E-state index contributed by atoms with van der Waals surface area (Å²) in [5.74, 6) is 0.870. The molecule has 0 heterocycles. The molecule has 2 aromatic rings. The fourth-order valence-electron chi connectivity index (χ4n) is 2.36. The minimum atomic E-state index is -0.202. The van der Waals surface area contributed by atoms with Gasteiger partial charge < -0.3 is 20.1 Å². The molecule has 0 atom stereocenters. The highest BCUT2D eigenvalue weighted by atomic mass is 16.5. The maximum atomic E-state index is 12.2. The molecule has 0 fully saturated rings. The smallest absolute Gasteiger partial charge is 0.227 e. The first-order valence-corrected chi connectivity index (χ1v) is 8.34. The Morgan fingerprint density at radius 3 is 2.42 bits per heavy atom. The number of carbonyl (C=O) groups excluding carboxylic acids is 2. The molecule has 0 aliphatic carbocycles. The van der Waals surface area contributed by atoms with Gasteiger partial charge in [-0.3, -0.25) is 9.59 Å². The van der Waals surface area contributed by atoms with Gasteiger partial charge in [0.1, 0.15) is 11.5 Å². The summed E-state index contributed by atoms with van der Waals surface area (Å²) in [4.78, 5) is 23.4. The van der Waals surface area contributed by atoms with Crippen LogP contribution in [0.5, 0.6) is 11.5 Å². The molecule has 0 bridgehead atoms. The molecule has 0 aliphatic rings. The lowest BCUT2D eigenvalue weighted by atomic mass is 10.1. The van der Waals surface area contributed by atoms with E-state index < -0.39 is 0 Å². The average Bonchev–Trinajstić information content (AvgIpc) is 2.58. The normalized spacial score (nSPS) is 10.2. The number of hydrogen-bond acceptors (Lipinski definition) is 4. The lowest BCUT2D eigenvalue weighted by molar-refractivity contribution is -0.116. The third kappa shape index (κ3) is 5.51. The topological polar surface area (TPSA) is 76.7 Å². The number of hydrogen-bond donors (Lipinski definition) is 2. The van der Waals surface area contributed by atoms with Gasteiger partial charge in [0.25, 0.3) is 0 Å². The van der Waals surface area contributed by atoms with Crippen LogP contribution in [-0.2, 0) is 9.59 Å². The van der Waals surface area contributed by atoms with E-state index in [2.05, 4.69) is 10.6 Å². The highest BCUT2D eigenvalue weighted by molar-refractivity contribution is 5.95. The Hall–Kier alpha value is -3.02. The third-order valence-corrected chi connectivity index (χ3v) is 3.87. The van der Waals surface area contributed by atoms with Gasteiger partial charge in [0.05, 0.1) is 25.8 Å². The summed E-state index contributed by atoms with van der Waals surface area (Å²) in [5, 5.41) is 5.46. The number of ether oxygens (including phenoxy) is 2. The number of methoxy groups -OCH3 is 1. The lowest BCUT2D eigenvalue weighted by Gasteiger charge is -2.13. The van der Waals surface area contributed by atoms with Gasteiger partial charge in [0, 0.05) is 12.6 Å². The largest absolute Gasteiger partial charge is 0.495 e. The van der Waals surface area contributed by atoms with E-state index in [1.165, 1.54) is 19.6 Å². The summed E-state index contributed by atoms with van der Waals surface area (Å²) < 4.78 is 10.9. The van der Waals surface area contributed by atoms with Crippen LogP contribution < -0.4 is 20.1 Å². The van der Waals surface area contributed by atoms with Crippen LogP contribution in [0.4, 0.5) is 11.4 Å². The van der Waals surface area contributed by atoms with E-state index in [9.17, 15) is 9.59 Å². The van der Waals surface area contributed by atoms with E-state index in [-0.39, 0.29) is 24.8 Å². The summed E-state index contributed by atoms with van der Waals surface area (Å²) in [6.07, 6.45) is 0.195. The summed E-state index contributed by atoms with van der Waals surface area (Å²) in [6, 6.07) is 10.9. The molecular weight excluding hydrogens is 332 g/mol. The average molecular weight is 356 g/mol. The maximum Gasteiger partial charge on any atom is 0.227 e. The van der Waals surface area contributed by atoms with Crippen molar-refractivity contribution in [2.24, 2.45) is 0 Å². The number of carbonyl (C=O) groups is 2. The first-order chi connectivity index (χ1) is 12.4. The molecule has 2 N–H and O–H groups in total. The van der Waals surface area contributed by atoms with Crippen LogP contribution in [0.25, 0.3) is 0 Å². The minimum Gasteiger partial charge on any atom is -0.495 e. The zero-order valence-electron chi connectivity index (χ0n) is 15.5. The van der Waals surface area contributed by atoms with Crippen molar-refractivity contribution >= 4 is 23.2 Å². The van der Waals surface area contributed by atoms with E-state index in [0.717, 1.165) is 11.3 Å². The molecule has 0 aromatic heterocycles. The van der Waals surface area contributed by atoms with Crippen LogP contribution in [0, 0.1) is 13.8 Å². The molecule has 138 valence electrons. The standard InChI is InChI=1S/C20H24N2O4/c1-13-5-7-17(11-14(13)2)26-10-9-20(24)22-18-12-16(21-15(3)23)6-8-19(18)25-4/h5-8,11-12H,9-10H2,1-4H3,(H,21,23)(H,22,24). The first-order valence-electron chi connectivity index (χ1n) is 8.34. The quantitative estimate of drug-likeness (QED) is 0.793. The van der Waals surface area contributed by atoms with Crippen LogP contribution in [0.3, 0.4) is 0 Å². The Balaban J connectivity index is 1.93. The second-order valence-electron chi connectivity index (χ2n) is 5.99. The van der Waals surface area contributed by atoms with Crippen molar-refractivity contribution in [2.45, 2.75) is 27.2 Å². The van der Waals surface area contributed by atoms with Gasteiger partial charge >= 0.3 is 0 Å². The van der Waals surface area contributed by atoms with Gasteiger partial charge in [-0.05, 0) is 55.3 Å². The van der Waals surface area contributed by atoms with Crippen molar-refractivity contribution < 1.29 is 19.1 Å². The SMILES string of the molecule is COc1ccc(NC(C)=O)cc1NC(=O)CCOc1ccc(C)c(C)c1. The Kier molecular flexibility index (Phi) is 6.60. The first kappa shape index (κ1) is 19.3. The molecule has 2 rings (SSSR count). The molecule has 2 amide bonds. The molecule has 0 aliphatic heterocycles. The van der Waals surface area contributed by atoms with Crippen LogP contribution >= 0.6 is 0 Å². The third-order valence-electron chi connectivity index (χ3n) is 3.87. The second kappa shape index (κ2) is 8.89. The number of rotatable bonds is 7.